The van der Waals surface area contributed by atoms with Crippen molar-refractivity contribution < 1.29 is 28.3 Å². The molecule has 10 nitrogen and oxygen atoms in total. The topological polar surface area (TPSA) is 104 Å². The number of hydrogen-bond acceptors (Lipinski definition) is 9. The first kappa shape index (κ1) is 46.6. The van der Waals surface area contributed by atoms with E-state index in [9.17, 15) is 9.00 Å². The minimum atomic E-state index is -1.58. The molecule has 2 aromatic carbocycles. The molecule has 7 rings (SSSR count). The van der Waals surface area contributed by atoms with E-state index in [0.29, 0.717) is 43.0 Å². The number of carbonyl (C=O) groups excluding carboxylic acids is 1. The van der Waals surface area contributed by atoms with Gasteiger partial charge in [-0.3, -0.25) is 14.4 Å². The quantitative estimate of drug-likeness (QED) is 0.251. The molecular weight excluding hydrogens is 772 g/mol. The molecular formula is C46H71ClN4O6S. The average molecular weight is 844 g/mol. The number of amides is 1. The summed E-state index contributed by atoms with van der Waals surface area (Å²) in [6.45, 7) is 20.5. The van der Waals surface area contributed by atoms with Gasteiger partial charge < -0.3 is 29.1 Å². The number of nitrogens with one attached hydrogen (secondary N) is 1. The number of benzene rings is 2. The molecule has 7 unspecified atom stereocenters. The number of aryl methyl sites for hydroxylation is 1. The van der Waals surface area contributed by atoms with E-state index >= 15 is 0 Å². The normalized spacial score (nSPS) is 29.3. The summed E-state index contributed by atoms with van der Waals surface area (Å²) in [5, 5.41) is 7.53. The molecule has 2 aromatic rings. The monoisotopic (exact) mass is 842 g/mol. The third kappa shape index (κ3) is 11.2. The predicted molar refractivity (Wildman–Crippen MR) is 238 cm³/mol. The highest BCUT2D eigenvalue weighted by atomic mass is 35.5. The first-order valence-electron chi connectivity index (χ1n) is 21.8. The summed E-state index contributed by atoms with van der Waals surface area (Å²) in [6, 6.07) is 12.0. The molecule has 5 aliphatic rings. The molecule has 2 N–H and O–H groups in total. The van der Waals surface area contributed by atoms with Gasteiger partial charge in [0, 0.05) is 83.1 Å². The molecule has 0 aromatic heterocycles. The molecule has 4 aliphatic heterocycles. The lowest BCUT2D eigenvalue weighted by Gasteiger charge is -2.51. The number of allylic oxidation sites excluding steroid dienone is 1. The van der Waals surface area contributed by atoms with Gasteiger partial charge in [0.05, 0.1) is 36.3 Å². The van der Waals surface area contributed by atoms with Gasteiger partial charge in [0.25, 0.3) is 5.91 Å². The van der Waals surface area contributed by atoms with E-state index in [2.05, 4.69) is 64.5 Å². The van der Waals surface area contributed by atoms with E-state index in [0.717, 1.165) is 102 Å². The van der Waals surface area contributed by atoms with Crippen LogP contribution in [0, 0.1) is 23.7 Å². The largest absolute Gasteiger partial charge is 0.491 e. The number of anilines is 1. The highest BCUT2D eigenvalue weighted by molar-refractivity contribution is 7.84. The van der Waals surface area contributed by atoms with Crippen molar-refractivity contribution in [1.82, 2.24) is 14.5 Å². The number of piperazine rings is 1. The van der Waals surface area contributed by atoms with Gasteiger partial charge in [-0.2, -0.15) is 0 Å². The van der Waals surface area contributed by atoms with Crippen LogP contribution in [0.25, 0.3) is 0 Å². The average Bonchev–Trinajstić information content (AvgIpc) is 3.39. The van der Waals surface area contributed by atoms with Crippen molar-refractivity contribution in [2.75, 3.05) is 91.4 Å². The Morgan fingerprint density at radius 3 is 2.47 bits per heavy atom. The SMILES string of the molecule is CC.CCCc1cc(Cl)ccc1C1COc2ccc3cc2N(C1)CC1CCC1C(CN1CCN(C2(C)COC2)CC1)/C=C/CC(C)C(CCOC)S(=O)NC3=O.CO. The van der Waals surface area contributed by atoms with Crippen molar-refractivity contribution in [2.45, 2.75) is 89.9 Å². The second-order valence-electron chi connectivity index (χ2n) is 16.8. The van der Waals surface area contributed by atoms with Crippen LogP contribution in [0.1, 0.15) is 94.1 Å². The number of hydrogen-bond donors (Lipinski definition) is 2. The Labute approximate surface area is 356 Å². The summed E-state index contributed by atoms with van der Waals surface area (Å²) in [5.41, 5.74) is 4.21. The molecule has 1 amide bonds. The number of ether oxygens (including phenoxy) is 3. The lowest BCUT2D eigenvalue weighted by molar-refractivity contribution is -0.140. The molecule has 12 heteroatoms. The van der Waals surface area contributed by atoms with Gasteiger partial charge in [-0.15, -0.1) is 0 Å². The Hall–Kier alpha value is -2.51. The van der Waals surface area contributed by atoms with Crippen LogP contribution in [-0.4, -0.2) is 122 Å². The van der Waals surface area contributed by atoms with Crippen molar-refractivity contribution in [2.24, 2.45) is 23.7 Å². The van der Waals surface area contributed by atoms with Crippen LogP contribution in [0.2, 0.25) is 5.02 Å². The molecule has 324 valence electrons. The fraction of sp³-hybridized carbons (Fsp3) is 0.674. The van der Waals surface area contributed by atoms with Gasteiger partial charge in [0.1, 0.15) is 16.7 Å². The van der Waals surface area contributed by atoms with Gasteiger partial charge >= 0.3 is 0 Å². The Kier molecular flexibility index (Phi) is 18.0. The Balaban J connectivity index is 0.00000155. The van der Waals surface area contributed by atoms with Crippen molar-refractivity contribution in [3.05, 3.63) is 70.3 Å². The number of nitrogens with zero attached hydrogens (tertiary/aromatic N) is 3. The molecule has 3 fully saturated rings. The summed E-state index contributed by atoms with van der Waals surface area (Å²) < 4.78 is 34.4. The number of aliphatic hydroxyl groups excluding tert-OH is 1. The molecule has 1 aliphatic carbocycles. The number of carbonyl (C=O) groups is 1. The summed E-state index contributed by atoms with van der Waals surface area (Å²) in [4.78, 5) is 21.6. The number of rotatable bonds is 9. The number of methoxy groups -OCH3 is 1. The second-order valence-corrected chi connectivity index (χ2v) is 18.7. The summed E-state index contributed by atoms with van der Waals surface area (Å²) in [6.07, 6.45) is 10.7. The standard InChI is InChI=1S/C43H61ClN4O5S.C2H6.CH4O/c1-5-7-31-22-36(44)12-14-37(31)35-26-47-25-34-10-13-38(34)33(24-46-17-19-48(20-18-46)43(3)28-52-29-43)9-6-8-30(2)41(16-21-51-4)54(50)45-42(49)32-11-15-40(53-27-35)39(47)23-32;2*1-2/h6,9,11-12,14-15,22-23,30,33-35,38,41H,5,7-8,10,13,16-21,24-29H2,1-4H3,(H,45,49);1-2H3;2H,1H3/b9-6+;;. The first-order valence-corrected chi connectivity index (χ1v) is 23.4. The third-order valence-electron chi connectivity index (χ3n) is 13.0. The molecule has 58 heavy (non-hydrogen) atoms. The number of halogens is 1. The van der Waals surface area contributed by atoms with Gasteiger partial charge in [0.2, 0.25) is 0 Å². The molecule has 4 heterocycles. The highest BCUT2D eigenvalue weighted by Crippen LogP contribution is 2.45. The maximum Gasteiger partial charge on any atom is 0.263 e. The van der Waals surface area contributed by atoms with Crippen LogP contribution in [0.5, 0.6) is 5.75 Å². The molecule has 0 radical (unpaired) electrons. The van der Waals surface area contributed by atoms with Gasteiger partial charge in [0.15, 0.2) is 0 Å². The van der Waals surface area contributed by atoms with Gasteiger partial charge in [-0.25, -0.2) is 4.21 Å². The Morgan fingerprint density at radius 2 is 1.81 bits per heavy atom. The molecule has 2 bridgehead atoms. The van der Waals surface area contributed by atoms with Crippen molar-refractivity contribution in [3.8, 4) is 5.75 Å². The Bertz CT molecular complexity index is 1670. The zero-order valence-electron chi connectivity index (χ0n) is 36.2. The summed E-state index contributed by atoms with van der Waals surface area (Å²) >= 11 is 6.51. The molecule has 0 spiro atoms. The van der Waals surface area contributed by atoms with Crippen LogP contribution >= 0.6 is 11.6 Å². The maximum absolute atomic E-state index is 13.9. The van der Waals surface area contributed by atoms with E-state index in [1.165, 1.54) is 24.0 Å². The van der Waals surface area contributed by atoms with Crippen molar-refractivity contribution in [3.63, 3.8) is 0 Å². The highest BCUT2D eigenvalue weighted by Gasteiger charge is 2.42. The summed E-state index contributed by atoms with van der Waals surface area (Å²) in [7, 11) is 1.10. The number of fused-ring (bicyclic) bond motifs is 2. The van der Waals surface area contributed by atoms with Crippen LogP contribution in [-0.2, 0) is 26.9 Å². The van der Waals surface area contributed by atoms with Crippen molar-refractivity contribution >= 4 is 34.2 Å². The minimum Gasteiger partial charge on any atom is -0.491 e. The van der Waals surface area contributed by atoms with E-state index < -0.39 is 11.0 Å². The molecule has 2 saturated heterocycles. The first-order chi connectivity index (χ1) is 28.2. The van der Waals surface area contributed by atoms with Crippen LogP contribution in [0.3, 0.4) is 0 Å². The fourth-order valence-corrected chi connectivity index (χ4v) is 11.0. The van der Waals surface area contributed by atoms with E-state index in [1.807, 2.05) is 38.1 Å². The van der Waals surface area contributed by atoms with Crippen molar-refractivity contribution in [1.29, 1.82) is 0 Å². The molecule has 1 saturated carbocycles. The maximum atomic E-state index is 13.9. The van der Waals surface area contributed by atoms with Gasteiger partial charge in [-0.1, -0.05) is 63.9 Å². The zero-order valence-corrected chi connectivity index (χ0v) is 37.8. The Morgan fingerprint density at radius 1 is 1.05 bits per heavy atom. The number of aliphatic hydroxyl groups is 1. The minimum absolute atomic E-state index is 0.107. The lowest BCUT2D eigenvalue weighted by atomic mass is 9.66. The van der Waals surface area contributed by atoms with Gasteiger partial charge in [-0.05, 0) is 104 Å². The second kappa shape index (κ2) is 22.4. The third-order valence-corrected chi connectivity index (χ3v) is 14.9. The summed E-state index contributed by atoms with van der Waals surface area (Å²) in [5.74, 6) is 2.23. The zero-order chi connectivity index (χ0) is 41.8. The van der Waals surface area contributed by atoms with Crippen LogP contribution < -0.4 is 14.4 Å². The molecule has 7 atom stereocenters. The van der Waals surface area contributed by atoms with E-state index in [-0.39, 0.29) is 28.5 Å². The van der Waals surface area contributed by atoms with E-state index in [1.54, 1.807) is 7.11 Å². The van der Waals surface area contributed by atoms with Crippen LogP contribution in [0.4, 0.5) is 5.69 Å². The smallest absolute Gasteiger partial charge is 0.263 e. The van der Waals surface area contributed by atoms with E-state index in [4.69, 9.17) is 30.9 Å². The predicted octanol–water partition coefficient (Wildman–Crippen LogP) is 7.35. The fourth-order valence-electron chi connectivity index (χ4n) is 9.49. The lowest BCUT2D eigenvalue weighted by Crippen LogP contribution is -2.64. The van der Waals surface area contributed by atoms with Crippen LogP contribution in [0.15, 0.2) is 48.6 Å².